The quantitative estimate of drug-likeness (QED) is 0.667. The predicted octanol–water partition coefficient (Wildman–Crippen LogP) is 3.97. The maximum Gasteiger partial charge on any atom is 0.243 e. The van der Waals surface area contributed by atoms with E-state index in [-0.39, 0.29) is 23.4 Å². The SMILES string of the molecule is C[C@@H]1Cc2cc(Br)ccc2N1C(=O)[C@@H]1CCCN(S(=O)(=O)c2ccc(F)cc2)C1. The Kier molecular flexibility index (Phi) is 5.52. The number of rotatable bonds is 3. The number of carbonyl (C=O) groups excluding carboxylic acids is 1. The fourth-order valence-electron chi connectivity index (χ4n) is 4.25. The van der Waals surface area contributed by atoms with Crippen molar-refractivity contribution in [2.45, 2.75) is 37.1 Å². The van der Waals surface area contributed by atoms with E-state index in [1.54, 1.807) is 0 Å². The lowest BCUT2D eigenvalue weighted by atomic mass is 9.97. The van der Waals surface area contributed by atoms with E-state index in [4.69, 9.17) is 0 Å². The average molecular weight is 481 g/mol. The van der Waals surface area contributed by atoms with Crippen LogP contribution in [0.3, 0.4) is 0 Å². The average Bonchev–Trinajstić information content (AvgIpc) is 3.02. The van der Waals surface area contributed by atoms with Gasteiger partial charge in [-0.15, -0.1) is 0 Å². The fourth-order valence-corrected chi connectivity index (χ4v) is 6.18. The molecule has 1 amide bonds. The van der Waals surface area contributed by atoms with Gasteiger partial charge in [0.05, 0.1) is 10.8 Å². The summed E-state index contributed by atoms with van der Waals surface area (Å²) < 4.78 is 41.4. The highest BCUT2D eigenvalue weighted by molar-refractivity contribution is 9.10. The number of sulfonamides is 1. The van der Waals surface area contributed by atoms with E-state index in [0.29, 0.717) is 19.4 Å². The van der Waals surface area contributed by atoms with Gasteiger partial charge in [0.15, 0.2) is 0 Å². The molecule has 4 rings (SSSR count). The second-order valence-electron chi connectivity index (χ2n) is 7.69. The summed E-state index contributed by atoms with van der Waals surface area (Å²) in [5.74, 6) is -0.905. The van der Waals surface area contributed by atoms with Gasteiger partial charge in [0.25, 0.3) is 0 Å². The summed E-state index contributed by atoms with van der Waals surface area (Å²) in [5, 5.41) is 0. The molecular weight excluding hydrogens is 459 g/mol. The summed E-state index contributed by atoms with van der Waals surface area (Å²) in [5.41, 5.74) is 2.02. The Labute approximate surface area is 178 Å². The maximum atomic E-state index is 13.4. The molecule has 29 heavy (non-hydrogen) atoms. The van der Waals surface area contributed by atoms with Crippen molar-refractivity contribution in [3.05, 3.63) is 58.3 Å². The van der Waals surface area contributed by atoms with E-state index in [2.05, 4.69) is 15.9 Å². The molecular formula is C21H22BrFN2O3S. The van der Waals surface area contributed by atoms with Crippen LogP contribution in [-0.4, -0.2) is 37.8 Å². The molecule has 0 saturated carbocycles. The number of fused-ring (bicyclic) bond motifs is 1. The van der Waals surface area contributed by atoms with Crippen molar-refractivity contribution in [1.82, 2.24) is 4.31 Å². The Bertz CT molecular complexity index is 1040. The summed E-state index contributed by atoms with van der Waals surface area (Å²) in [7, 11) is -3.76. The molecule has 1 saturated heterocycles. The molecule has 0 N–H and O–H groups in total. The molecule has 2 aliphatic rings. The van der Waals surface area contributed by atoms with E-state index in [0.717, 1.165) is 34.3 Å². The van der Waals surface area contributed by atoms with Crippen LogP contribution in [-0.2, 0) is 21.2 Å². The number of piperidine rings is 1. The molecule has 0 aliphatic carbocycles. The second-order valence-corrected chi connectivity index (χ2v) is 10.5. The Hall–Kier alpha value is -1.77. The minimum absolute atomic E-state index is 0.0300. The van der Waals surface area contributed by atoms with Crippen LogP contribution in [0.1, 0.15) is 25.3 Å². The van der Waals surface area contributed by atoms with Gasteiger partial charge in [-0.2, -0.15) is 4.31 Å². The van der Waals surface area contributed by atoms with Crippen LogP contribution in [0.25, 0.3) is 0 Å². The van der Waals surface area contributed by atoms with Crippen molar-refractivity contribution in [3.63, 3.8) is 0 Å². The zero-order valence-electron chi connectivity index (χ0n) is 16.0. The first-order valence-corrected chi connectivity index (χ1v) is 11.9. The maximum absolute atomic E-state index is 13.4. The van der Waals surface area contributed by atoms with Crippen molar-refractivity contribution in [2.24, 2.45) is 5.92 Å². The molecule has 0 unspecified atom stereocenters. The molecule has 154 valence electrons. The first-order chi connectivity index (χ1) is 13.8. The highest BCUT2D eigenvalue weighted by atomic mass is 79.9. The lowest BCUT2D eigenvalue weighted by Gasteiger charge is -2.34. The van der Waals surface area contributed by atoms with Crippen molar-refractivity contribution in [1.29, 1.82) is 0 Å². The standard InChI is InChI=1S/C21H22BrFN2O3S/c1-14-11-16-12-17(22)4-9-20(16)25(14)21(26)15-3-2-10-24(13-15)29(27,28)19-7-5-18(23)6-8-19/h4-9,12,14-15H,2-3,10-11,13H2,1H3/t14-,15-/m1/s1. The predicted molar refractivity (Wildman–Crippen MR) is 113 cm³/mol. The summed E-state index contributed by atoms with van der Waals surface area (Å²) >= 11 is 3.47. The van der Waals surface area contributed by atoms with E-state index in [1.807, 2.05) is 30.0 Å². The van der Waals surface area contributed by atoms with Gasteiger partial charge in [-0.1, -0.05) is 15.9 Å². The summed E-state index contributed by atoms with van der Waals surface area (Å²) in [6.45, 7) is 2.53. The number of amides is 1. The molecule has 2 aromatic carbocycles. The molecule has 8 heteroatoms. The molecule has 2 aliphatic heterocycles. The van der Waals surface area contributed by atoms with Crippen molar-refractivity contribution in [2.75, 3.05) is 18.0 Å². The molecule has 0 spiro atoms. The van der Waals surface area contributed by atoms with Crippen LogP contribution >= 0.6 is 15.9 Å². The zero-order chi connectivity index (χ0) is 20.8. The van der Waals surface area contributed by atoms with E-state index < -0.39 is 21.8 Å². The third-order valence-electron chi connectivity index (χ3n) is 5.68. The van der Waals surface area contributed by atoms with Gasteiger partial charge < -0.3 is 4.90 Å². The number of anilines is 1. The van der Waals surface area contributed by atoms with Crippen molar-refractivity contribution >= 4 is 37.5 Å². The van der Waals surface area contributed by atoms with Crippen LogP contribution in [0, 0.1) is 11.7 Å². The summed E-state index contributed by atoms with van der Waals surface area (Å²) in [4.78, 5) is 15.2. The normalized spacial score (nSPS) is 22.5. The van der Waals surface area contributed by atoms with Gasteiger partial charge in [0, 0.05) is 29.3 Å². The Morgan fingerprint density at radius 1 is 1.17 bits per heavy atom. The molecule has 5 nitrogen and oxygen atoms in total. The van der Waals surface area contributed by atoms with Gasteiger partial charge in [-0.05, 0) is 74.2 Å². The molecule has 0 bridgehead atoms. The molecule has 1 fully saturated rings. The Morgan fingerprint density at radius 3 is 2.62 bits per heavy atom. The van der Waals surface area contributed by atoms with Crippen LogP contribution in [0.4, 0.5) is 10.1 Å². The van der Waals surface area contributed by atoms with Gasteiger partial charge in [-0.25, -0.2) is 12.8 Å². The monoisotopic (exact) mass is 480 g/mol. The minimum Gasteiger partial charge on any atom is -0.309 e. The molecule has 2 atom stereocenters. The lowest BCUT2D eigenvalue weighted by molar-refractivity contribution is -0.123. The number of hydrogen-bond donors (Lipinski definition) is 0. The van der Waals surface area contributed by atoms with E-state index in [9.17, 15) is 17.6 Å². The third-order valence-corrected chi connectivity index (χ3v) is 8.05. The van der Waals surface area contributed by atoms with E-state index in [1.165, 1.54) is 16.4 Å². The van der Waals surface area contributed by atoms with Crippen molar-refractivity contribution in [3.8, 4) is 0 Å². The highest BCUT2D eigenvalue weighted by Crippen LogP contribution is 2.36. The van der Waals surface area contributed by atoms with Gasteiger partial charge in [-0.3, -0.25) is 4.79 Å². The van der Waals surface area contributed by atoms with E-state index >= 15 is 0 Å². The smallest absolute Gasteiger partial charge is 0.243 e. The Balaban J connectivity index is 1.56. The topological polar surface area (TPSA) is 57.7 Å². The molecule has 0 radical (unpaired) electrons. The molecule has 2 aromatic rings. The van der Waals surface area contributed by atoms with Gasteiger partial charge in [0.1, 0.15) is 5.82 Å². The van der Waals surface area contributed by atoms with Crippen LogP contribution in [0.2, 0.25) is 0 Å². The summed E-state index contributed by atoms with van der Waals surface area (Å²) in [6.07, 6.45) is 2.06. The number of benzene rings is 2. The summed E-state index contributed by atoms with van der Waals surface area (Å²) in [6, 6.07) is 10.8. The Morgan fingerprint density at radius 2 is 1.90 bits per heavy atom. The van der Waals surface area contributed by atoms with Gasteiger partial charge >= 0.3 is 0 Å². The van der Waals surface area contributed by atoms with Crippen LogP contribution in [0.15, 0.2) is 51.8 Å². The minimum atomic E-state index is -3.76. The van der Waals surface area contributed by atoms with Crippen molar-refractivity contribution < 1.29 is 17.6 Å². The van der Waals surface area contributed by atoms with Gasteiger partial charge in [0.2, 0.25) is 15.9 Å². The first-order valence-electron chi connectivity index (χ1n) is 9.64. The highest BCUT2D eigenvalue weighted by Gasteiger charge is 2.39. The first kappa shape index (κ1) is 20.5. The molecule has 0 aromatic heterocycles. The second kappa shape index (κ2) is 7.81. The number of halogens is 2. The lowest BCUT2D eigenvalue weighted by Crippen LogP contribution is -2.48. The largest absolute Gasteiger partial charge is 0.309 e. The fraction of sp³-hybridized carbons (Fsp3) is 0.381. The van der Waals surface area contributed by atoms with Crippen LogP contribution in [0.5, 0.6) is 0 Å². The van der Waals surface area contributed by atoms with Crippen LogP contribution < -0.4 is 4.90 Å². The number of nitrogens with zero attached hydrogens (tertiary/aromatic N) is 2. The molecule has 2 heterocycles. The number of carbonyl (C=O) groups is 1. The number of hydrogen-bond acceptors (Lipinski definition) is 3. The third kappa shape index (κ3) is 3.85. The zero-order valence-corrected chi connectivity index (χ0v) is 18.4.